The van der Waals surface area contributed by atoms with Gasteiger partial charge in [-0.25, -0.2) is 4.68 Å². The monoisotopic (exact) mass is 406 g/mol. The molecule has 1 aliphatic heterocycles. The number of methoxy groups -OCH3 is 3. The Morgan fingerprint density at radius 2 is 1.86 bits per heavy atom. The molecule has 2 amide bonds. The van der Waals surface area contributed by atoms with E-state index in [1.165, 1.54) is 14.2 Å². The standard InChI is InChI=1S/C18H22N4O5S/c1-25-12-6-4-11(5-7-12)22-16(13-9-28-10-14(13)21-22)20-18(24)17(23)19-8-15(26-2)27-3/h4-7,15H,8-10H2,1-3H3,(H,19,23)(H,20,24). The minimum absolute atomic E-state index is 0.0605. The fourth-order valence-electron chi connectivity index (χ4n) is 2.74. The summed E-state index contributed by atoms with van der Waals surface area (Å²) in [5, 5.41) is 9.79. The van der Waals surface area contributed by atoms with Crippen molar-refractivity contribution >= 4 is 29.4 Å². The van der Waals surface area contributed by atoms with Gasteiger partial charge < -0.3 is 24.8 Å². The van der Waals surface area contributed by atoms with Crippen molar-refractivity contribution in [3.63, 3.8) is 0 Å². The molecule has 2 aromatic rings. The molecule has 9 nitrogen and oxygen atoms in total. The Balaban J connectivity index is 1.79. The van der Waals surface area contributed by atoms with Crippen molar-refractivity contribution in [3.05, 3.63) is 35.5 Å². The molecule has 0 saturated heterocycles. The van der Waals surface area contributed by atoms with Crippen LogP contribution in [0.1, 0.15) is 11.3 Å². The van der Waals surface area contributed by atoms with E-state index < -0.39 is 18.1 Å². The van der Waals surface area contributed by atoms with Crippen molar-refractivity contribution in [1.82, 2.24) is 15.1 Å². The lowest BCUT2D eigenvalue weighted by atomic mass is 10.2. The molecular weight excluding hydrogens is 384 g/mol. The maximum atomic E-state index is 12.4. The Kier molecular flexibility index (Phi) is 6.55. The number of fused-ring (bicyclic) bond motifs is 1. The van der Waals surface area contributed by atoms with Gasteiger partial charge in [0.25, 0.3) is 0 Å². The summed E-state index contributed by atoms with van der Waals surface area (Å²) < 4.78 is 16.8. The zero-order valence-electron chi connectivity index (χ0n) is 15.9. The molecule has 0 radical (unpaired) electrons. The van der Waals surface area contributed by atoms with E-state index in [2.05, 4.69) is 15.7 Å². The molecule has 1 aromatic heterocycles. The highest BCUT2D eigenvalue weighted by Gasteiger charge is 2.26. The Morgan fingerprint density at radius 1 is 1.14 bits per heavy atom. The number of hydrogen-bond acceptors (Lipinski definition) is 7. The first-order valence-corrected chi connectivity index (χ1v) is 9.70. The van der Waals surface area contributed by atoms with E-state index in [-0.39, 0.29) is 6.54 Å². The highest BCUT2D eigenvalue weighted by Crippen LogP contribution is 2.36. The molecule has 0 bridgehead atoms. The summed E-state index contributed by atoms with van der Waals surface area (Å²) in [5.41, 5.74) is 2.58. The third kappa shape index (κ3) is 4.29. The first-order valence-electron chi connectivity index (χ1n) is 8.55. The number of benzene rings is 1. The van der Waals surface area contributed by atoms with Crippen LogP contribution in [-0.2, 0) is 30.6 Å². The van der Waals surface area contributed by atoms with Gasteiger partial charge in [0.1, 0.15) is 11.6 Å². The summed E-state index contributed by atoms with van der Waals surface area (Å²) in [6.45, 7) is 0.0605. The molecule has 0 atom stereocenters. The van der Waals surface area contributed by atoms with E-state index in [4.69, 9.17) is 14.2 Å². The van der Waals surface area contributed by atoms with Gasteiger partial charge in [0.05, 0.1) is 25.0 Å². The van der Waals surface area contributed by atoms with E-state index in [1.54, 1.807) is 23.6 Å². The fraction of sp³-hybridized carbons (Fsp3) is 0.389. The molecule has 0 aliphatic carbocycles. The molecule has 150 valence electrons. The van der Waals surface area contributed by atoms with Gasteiger partial charge in [0, 0.05) is 31.3 Å². The predicted molar refractivity (Wildman–Crippen MR) is 105 cm³/mol. The molecule has 1 aliphatic rings. The van der Waals surface area contributed by atoms with Crippen molar-refractivity contribution in [1.29, 1.82) is 0 Å². The molecular formula is C18H22N4O5S. The van der Waals surface area contributed by atoms with Gasteiger partial charge in [-0.3, -0.25) is 9.59 Å². The van der Waals surface area contributed by atoms with Crippen LogP contribution in [0.2, 0.25) is 0 Å². The van der Waals surface area contributed by atoms with Crippen molar-refractivity contribution in [2.75, 3.05) is 33.2 Å². The number of amides is 2. The molecule has 0 saturated carbocycles. The van der Waals surface area contributed by atoms with Crippen molar-refractivity contribution in [3.8, 4) is 11.4 Å². The summed E-state index contributed by atoms with van der Waals surface area (Å²) in [4.78, 5) is 24.6. The van der Waals surface area contributed by atoms with Crippen LogP contribution in [0, 0.1) is 0 Å². The smallest absolute Gasteiger partial charge is 0.314 e. The summed E-state index contributed by atoms with van der Waals surface area (Å²) in [7, 11) is 4.50. The third-order valence-electron chi connectivity index (χ3n) is 4.26. The Morgan fingerprint density at radius 3 is 2.50 bits per heavy atom. The summed E-state index contributed by atoms with van der Waals surface area (Å²) in [6, 6.07) is 7.30. The highest BCUT2D eigenvalue weighted by molar-refractivity contribution is 7.98. The van der Waals surface area contributed by atoms with Crippen molar-refractivity contribution < 1.29 is 23.8 Å². The SMILES string of the molecule is COc1ccc(-n2nc3c(c2NC(=O)C(=O)NCC(OC)OC)CSC3)cc1. The van der Waals surface area contributed by atoms with Crippen LogP contribution < -0.4 is 15.4 Å². The molecule has 28 heavy (non-hydrogen) atoms. The Bertz CT molecular complexity index is 848. The average Bonchev–Trinajstić information content (AvgIpc) is 3.31. The topological polar surface area (TPSA) is 104 Å². The van der Waals surface area contributed by atoms with E-state index in [1.807, 2.05) is 24.3 Å². The summed E-state index contributed by atoms with van der Waals surface area (Å²) in [6.07, 6.45) is -0.623. The van der Waals surface area contributed by atoms with Crippen molar-refractivity contribution in [2.24, 2.45) is 0 Å². The predicted octanol–water partition coefficient (Wildman–Crippen LogP) is 1.30. The van der Waals surface area contributed by atoms with Gasteiger partial charge in [0.15, 0.2) is 6.29 Å². The summed E-state index contributed by atoms with van der Waals surface area (Å²) >= 11 is 1.71. The molecule has 0 unspecified atom stereocenters. The maximum Gasteiger partial charge on any atom is 0.314 e. The maximum absolute atomic E-state index is 12.4. The number of thioether (sulfide) groups is 1. The zero-order chi connectivity index (χ0) is 20.1. The van der Waals surface area contributed by atoms with Crippen LogP contribution in [0.15, 0.2) is 24.3 Å². The minimum Gasteiger partial charge on any atom is -0.497 e. The molecule has 2 N–H and O–H groups in total. The number of aromatic nitrogens is 2. The van der Waals surface area contributed by atoms with Crippen LogP contribution in [0.4, 0.5) is 5.82 Å². The number of nitrogens with one attached hydrogen (secondary N) is 2. The van der Waals surface area contributed by atoms with Gasteiger partial charge in [-0.2, -0.15) is 16.9 Å². The number of nitrogens with zero attached hydrogens (tertiary/aromatic N) is 2. The molecule has 3 rings (SSSR count). The van der Waals surface area contributed by atoms with Crippen LogP contribution >= 0.6 is 11.8 Å². The van der Waals surface area contributed by atoms with E-state index in [0.29, 0.717) is 5.82 Å². The van der Waals surface area contributed by atoms with E-state index in [9.17, 15) is 9.59 Å². The molecule has 10 heteroatoms. The van der Waals surface area contributed by atoms with Crippen LogP contribution in [-0.4, -0.2) is 55.8 Å². The lowest BCUT2D eigenvalue weighted by Gasteiger charge is -2.14. The van der Waals surface area contributed by atoms with Gasteiger partial charge >= 0.3 is 11.8 Å². The quantitative estimate of drug-likeness (QED) is 0.528. The van der Waals surface area contributed by atoms with Gasteiger partial charge in [0.2, 0.25) is 0 Å². The fourth-order valence-corrected chi connectivity index (χ4v) is 3.77. The van der Waals surface area contributed by atoms with Gasteiger partial charge in [-0.05, 0) is 24.3 Å². The first kappa shape index (κ1) is 20.2. The second kappa shape index (κ2) is 9.09. The molecule has 0 fully saturated rings. The second-order valence-corrected chi connectivity index (χ2v) is 6.93. The first-order chi connectivity index (χ1) is 13.6. The number of carbonyl (C=O) groups excluding carboxylic acids is 2. The highest BCUT2D eigenvalue weighted by atomic mass is 32.2. The van der Waals surface area contributed by atoms with E-state index in [0.717, 1.165) is 34.2 Å². The van der Waals surface area contributed by atoms with Crippen LogP contribution in [0.25, 0.3) is 5.69 Å². The largest absolute Gasteiger partial charge is 0.497 e. The van der Waals surface area contributed by atoms with E-state index >= 15 is 0 Å². The third-order valence-corrected chi connectivity index (χ3v) is 5.23. The normalized spacial score (nSPS) is 12.7. The molecule has 2 heterocycles. The molecule has 0 spiro atoms. The van der Waals surface area contributed by atoms with Crippen molar-refractivity contribution in [2.45, 2.75) is 17.8 Å². The second-order valence-electron chi connectivity index (χ2n) is 5.94. The number of carbonyl (C=O) groups is 2. The summed E-state index contributed by atoms with van der Waals surface area (Å²) in [5.74, 6) is 1.14. The number of ether oxygens (including phenoxy) is 3. The van der Waals surface area contributed by atoms with Gasteiger partial charge in [-0.1, -0.05) is 0 Å². The minimum atomic E-state index is -0.777. The number of hydrogen-bond donors (Lipinski definition) is 2. The Hall–Kier alpha value is -2.56. The number of rotatable bonds is 7. The lowest BCUT2D eigenvalue weighted by molar-refractivity contribution is -0.139. The van der Waals surface area contributed by atoms with Crippen LogP contribution in [0.5, 0.6) is 5.75 Å². The van der Waals surface area contributed by atoms with Gasteiger partial charge in [-0.15, -0.1) is 0 Å². The average molecular weight is 406 g/mol. The number of anilines is 1. The molecule has 1 aromatic carbocycles. The lowest BCUT2D eigenvalue weighted by Crippen LogP contribution is -2.40. The zero-order valence-corrected chi connectivity index (χ0v) is 16.7. The Labute approximate surface area is 166 Å². The van der Waals surface area contributed by atoms with Crippen LogP contribution in [0.3, 0.4) is 0 Å².